The van der Waals surface area contributed by atoms with Crippen LogP contribution in [0.5, 0.6) is 5.75 Å². The minimum Gasteiger partial charge on any atom is -0.492 e. The number of methoxy groups -OCH3 is 1. The standard InChI is InChI=1S/C16H23Cl2NO2/c1-4-21-15-9-12(17)11(8-13(15)18)14(19-2)10-16(20-3)6-5-7-16/h8-9,14,19H,4-7,10H2,1-3H3. The maximum atomic E-state index is 6.42. The monoisotopic (exact) mass is 331 g/mol. The van der Waals surface area contributed by atoms with Gasteiger partial charge in [0.2, 0.25) is 0 Å². The van der Waals surface area contributed by atoms with E-state index in [1.807, 2.05) is 20.0 Å². The van der Waals surface area contributed by atoms with Crippen LogP contribution in [0.2, 0.25) is 10.0 Å². The van der Waals surface area contributed by atoms with Crippen molar-refractivity contribution in [2.45, 2.75) is 44.2 Å². The first-order valence-corrected chi connectivity index (χ1v) is 8.15. The van der Waals surface area contributed by atoms with Gasteiger partial charge in [0.05, 0.1) is 17.2 Å². The van der Waals surface area contributed by atoms with Gasteiger partial charge in [0.15, 0.2) is 0 Å². The molecule has 0 spiro atoms. The molecule has 0 heterocycles. The average Bonchev–Trinajstić information content (AvgIpc) is 2.43. The second kappa shape index (κ2) is 7.19. The normalized spacial score (nSPS) is 18.1. The SMILES string of the molecule is CCOc1cc(Cl)c(C(CC2(OC)CCC2)NC)cc1Cl. The molecule has 1 aromatic rings. The van der Waals surface area contributed by atoms with Gasteiger partial charge in [0, 0.05) is 24.2 Å². The Morgan fingerprint density at radius 3 is 2.48 bits per heavy atom. The minimum absolute atomic E-state index is 0.0257. The fourth-order valence-electron chi connectivity index (χ4n) is 2.88. The van der Waals surface area contributed by atoms with E-state index in [0.717, 1.165) is 24.8 Å². The van der Waals surface area contributed by atoms with Crippen molar-refractivity contribution in [3.05, 3.63) is 27.7 Å². The summed E-state index contributed by atoms with van der Waals surface area (Å²) in [7, 11) is 3.73. The lowest BCUT2D eigenvalue weighted by Crippen LogP contribution is -2.42. The predicted octanol–water partition coefficient (Wildman–Crippen LogP) is 4.61. The maximum Gasteiger partial charge on any atom is 0.139 e. The molecule has 0 aliphatic heterocycles. The summed E-state index contributed by atoms with van der Waals surface area (Å²) in [4.78, 5) is 0. The Hall–Kier alpha value is -0.480. The summed E-state index contributed by atoms with van der Waals surface area (Å²) in [5.41, 5.74) is 0.971. The second-order valence-electron chi connectivity index (χ2n) is 5.52. The summed E-state index contributed by atoms with van der Waals surface area (Å²) < 4.78 is 11.2. The summed E-state index contributed by atoms with van der Waals surface area (Å²) in [5, 5.41) is 4.60. The predicted molar refractivity (Wildman–Crippen MR) is 87.6 cm³/mol. The molecule has 3 nitrogen and oxygen atoms in total. The molecule has 0 aromatic heterocycles. The van der Waals surface area contributed by atoms with E-state index in [9.17, 15) is 0 Å². The van der Waals surface area contributed by atoms with Crippen molar-refractivity contribution in [1.82, 2.24) is 5.32 Å². The van der Waals surface area contributed by atoms with E-state index in [2.05, 4.69) is 5.32 Å². The zero-order valence-corrected chi connectivity index (χ0v) is 14.4. The molecule has 0 saturated heterocycles. The van der Waals surface area contributed by atoms with E-state index < -0.39 is 0 Å². The van der Waals surface area contributed by atoms with E-state index in [-0.39, 0.29) is 11.6 Å². The fraction of sp³-hybridized carbons (Fsp3) is 0.625. The van der Waals surface area contributed by atoms with Crippen LogP contribution in [-0.4, -0.2) is 26.4 Å². The van der Waals surface area contributed by atoms with Gasteiger partial charge in [-0.25, -0.2) is 0 Å². The highest BCUT2D eigenvalue weighted by Gasteiger charge is 2.39. The van der Waals surface area contributed by atoms with E-state index >= 15 is 0 Å². The highest BCUT2D eigenvalue weighted by molar-refractivity contribution is 6.34. The molecule has 5 heteroatoms. The van der Waals surface area contributed by atoms with Crippen molar-refractivity contribution in [2.24, 2.45) is 0 Å². The Bertz CT molecular complexity index is 484. The van der Waals surface area contributed by atoms with Crippen molar-refractivity contribution < 1.29 is 9.47 Å². The number of halogens is 2. The van der Waals surface area contributed by atoms with Gasteiger partial charge in [-0.05, 0) is 51.3 Å². The lowest BCUT2D eigenvalue weighted by molar-refractivity contribution is -0.0834. The first kappa shape index (κ1) is 16.9. The second-order valence-corrected chi connectivity index (χ2v) is 6.34. The van der Waals surface area contributed by atoms with Gasteiger partial charge < -0.3 is 14.8 Å². The number of benzene rings is 1. The fourth-order valence-corrected chi connectivity index (χ4v) is 3.39. The van der Waals surface area contributed by atoms with Gasteiger partial charge in [-0.2, -0.15) is 0 Å². The van der Waals surface area contributed by atoms with Crippen LogP contribution >= 0.6 is 23.2 Å². The number of hydrogen-bond acceptors (Lipinski definition) is 3. The lowest BCUT2D eigenvalue weighted by atomic mass is 9.74. The molecular formula is C16H23Cl2NO2. The van der Waals surface area contributed by atoms with Crippen molar-refractivity contribution in [3.8, 4) is 5.75 Å². The van der Waals surface area contributed by atoms with Crippen LogP contribution in [0.25, 0.3) is 0 Å². The topological polar surface area (TPSA) is 30.5 Å². The molecule has 1 aliphatic carbocycles. The molecule has 118 valence electrons. The number of ether oxygens (including phenoxy) is 2. The smallest absolute Gasteiger partial charge is 0.139 e. The summed E-state index contributed by atoms with van der Waals surface area (Å²) in [5.74, 6) is 0.632. The zero-order valence-electron chi connectivity index (χ0n) is 12.8. The molecule has 1 aromatic carbocycles. The number of rotatable bonds is 7. The van der Waals surface area contributed by atoms with Gasteiger partial charge in [-0.1, -0.05) is 23.2 Å². The van der Waals surface area contributed by atoms with Crippen LogP contribution in [0.3, 0.4) is 0 Å². The zero-order chi connectivity index (χ0) is 15.5. The third kappa shape index (κ3) is 3.65. The van der Waals surface area contributed by atoms with Crippen molar-refractivity contribution in [1.29, 1.82) is 0 Å². The molecule has 1 fully saturated rings. The molecular weight excluding hydrogens is 309 g/mol. The van der Waals surface area contributed by atoms with Crippen LogP contribution in [0.15, 0.2) is 12.1 Å². The summed E-state index contributed by atoms with van der Waals surface area (Å²) in [6.45, 7) is 2.49. The molecule has 1 unspecified atom stereocenters. The average molecular weight is 332 g/mol. The van der Waals surface area contributed by atoms with Crippen LogP contribution in [-0.2, 0) is 4.74 Å². The van der Waals surface area contributed by atoms with Gasteiger partial charge in [-0.3, -0.25) is 0 Å². The van der Waals surface area contributed by atoms with Crippen molar-refractivity contribution in [3.63, 3.8) is 0 Å². The quantitative estimate of drug-likeness (QED) is 0.791. The van der Waals surface area contributed by atoms with Crippen molar-refractivity contribution >= 4 is 23.2 Å². The van der Waals surface area contributed by atoms with E-state index in [1.165, 1.54) is 6.42 Å². The molecule has 0 radical (unpaired) electrons. The van der Waals surface area contributed by atoms with E-state index in [0.29, 0.717) is 22.4 Å². The molecule has 2 rings (SSSR count). The van der Waals surface area contributed by atoms with Crippen LogP contribution < -0.4 is 10.1 Å². The van der Waals surface area contributed by atoms with Gasteiger partial charge in [-0.15, -0.1) is 0 Å². The van der Waals surface area contributed by atoms with Gasteiger partial charge in [0.1, 0.15) is 5.75 Å². The Labute approximate surface area is 136 Å². The van der Waals surface area contributed by atoms with Crippen LogP contribution in [0.4, 0.5) is 0 Å². The molecule has 1 atom stereocenters. The molecule has 0 bridgehead atoms. The molecule has 1 N–H and O–H groups in total. The first-order chi connectivity index (χ1) is 10.0. The van der Waals surface area contributed by atoms with Crippen molar-refractivity contribution in [2.75, 3.05) is 20.8 Å². The highest BCUT2D eigenvalue weighted by Crippen LogP contribution is 2.44. The Balaban J connectivity index is 2.23. The Morgan fingerprint density at radius 1 is 1.29 bits per heavy atom. The molecule has 1 saturated carbocycles. The van der Waals surface area contributed by atoms with Crippen LogP contribution in [0, 0.1) is 0 Å². The van der Waals surface area contributed by atoms with E-state index in [4.69, 9.17) is 32.7 Å². The number of hydrogen-bond donors (Lipinski definition) is 1. The summed E-state index contributed by atoms with van der Waals surface area (Å²) in [6, 6.07) is 3.82. The Morgan fingerprint density at radius 2 is 2.00 bits per heavy atom. The van der Waals surface area contributed by atoms with E-state index in [1.54, 1.807) is 13.2 Å². The number of nitrogens with one attached hydrogen (secondary N) is 1. The summed E-state index contributed by atoms with van der Waals surface area (Å²) in [6.07, 6.45) is 4.32. The largest absolute Gasteiger partial charge is 0.492 e. The molecule has 21 heavy (non-hydrogen) atoms. The third-order valence-electron chi connectivity index (χ3n) is 4.35. The maximum absolute atomic E-state index is 6.42. The molecule has 0 amide bonds. The Kier molecular flexibility index (Phi) is 5.78. The minimum atomic E-state index is -0.0257. The van der Waals surface area contributed by atoms with Gasteiger partial charge in [0.25, 0.3) is 0 Å². The molecule has 1 aliphatic rings. The third-order valence-corrected chi connectivity index (χ3v) is 4.97. The summed E-state index contributed by atoms with van der Waals surface area (Å²) >= 11 is 12.7. The lowest BCUT2D eigenvalue weighted by Gasteiger charge is -2.43. The van der Waals surface area contributed by atoms with Gasteiger partial charge >= 0.3 is 0 Å². The first-order valence-electron chi connectivity index (χ1n) is 7.39. The highest BCUT2D eigenvalue weighted by atomic mass is 35.5. The van der Waals surface area contributed by atoms with Crippen LogP contribution in [0.1, 0.15) is 44.2 Å².